The van der Waals surface area contributed by atoms with E-state index < -0.39 is 10.0 Å². The first-order chi connectivity index (χ1) is 15.4. The van der Waals surface area contributed by atoms with E-state index in [0.29, 0.717) is 23.7 Å². The first-order valence-corrected chi connectivity index (χ1v) is 12.4. The summed E-state index contributed by atoms with van der Waals surface area (Å²) in [7, 11) is -3.56. The highest BCUT2D eigenvalue weighted by Crippen LogP contribution is 2.26. The fourth-order valence-corrected chi connectivity index (χ4v) is 5.65. The molecule has 32 heavy (non-hydrogen) atoms. The molecular formula is C23H28N4O4S. The molecule has 9 heteroatoms. The number of nitrogens with zero attached hydrogens (tertiary/aromatic N) is 2. The van der Waals surface area contributed by atoms with Gasteiger partial charge in [-0.1, -0.05) is 24.3 Å². The van der Waals surface area contributed by atoms with Gasteiger partial charge >= 0.3 is 6.03 Å². The summed E-state index contributed by atoms with van der Waals surface area (Å²) in [6, 6.07) is 14.1. The fourth-order valence-electron chi connectivity index (χ4n) is 4.17. The number of urea groups is 1. The van der Waals surface area contributed by atoms with Crippen molar-refractivity contribution in [3.63, 3.8) is 0 Å². The van der Waals surface area contributed by atoms with Gasteiger partial charge in [-0.05, 0) is 54.7 Å². The molecular weight excluding hydrogens is 428 g/mol. The number of sulfonamides is 1. The number of hydrogen-bond donors (Lipinski definition) is 2. The molecule has 1 fully saturated rings. The number of piperazine rings is 1. The highest BCUT2D eigenvalue weighted by molar-refractivity contribution is 7.89. The summed E-state index contributed by atoms with van der Waals surface area (Å²) in [6.07, 6.45) is 3.18. The average molecular weight is 457 g/mol. The largest absolute Gasteiger partial charge is 0.340 e. The molecule has 1 aliphatic heterocycles. The van der Waals surface area contributed by atoms with E-state index in [1.807, 2.05) is 24.3 Å². The number of carbonyl (C=O) groups is 2. The molecule has 0 aromatic heterocycles. The van der Waals surface area contributed by atoms with Gasteiger partial charge in [-0.25, -0.2) is 13.2 Å². The van der Waals surface area contributed by atoms with Crippen LogP contribution in [0.3, 0.4) is 0 Å². The van der Waals surface area contributed by atoms with Gasteiger partial charge in [-0.15, -0.1) is 0 Å². The first-order valence-electron chi connectivity index (χ1n) is 10.9. The van der Waals surface area contributed by atoms with Crippen LogP contribution in [-0.2, 0) is 27.7 Å². The predicted molar refractivity (Wildman–Crippen MR) is 122 cm³/mol. The molecule has 170 valence electrons. The van der Waals surface area contributed by atoms with Gasteiger partial charge in [0.05, 0.1) is 4.90 Å². The van der Waals surface area contributed by atoms with Gasteiger partial charge < -0.3 is 15.5 Å². The van der Waals surface area contributed by atoms with Crippen LogP contribution in [-0.4, -0.2) is 62.3 Å². The Hall–Kier alpha value is -2.91. The normalized spacial score (nSPS) is 16.4. The molecule has 0 bridgehead atoms. The maximum absolute atomic E-state index is 13.0. The molecule has 2 aromatic carbocycles. The molecule has 2 aromatic rings. The lowest BCUT2D eigenvalue weighted by Crippen LogP contribution is -2.50. The summed E-state index contributed by atoms with van der Waals surface area (Å²) in [4.78, 5) is 26.4. The number of rotatable bonds is 6. The standard InChI is InChI=1S/C23H28N4O4S/c28-22(11-12-24-23(29)25-20-7-2-1-3-8-20)26-13-15-27(16-14-26)32(30,31)21-10-9-18-5-4-6-19(18)17-21/h1-3,7-10,17H,4-6,11-16H2,(H2,24,25,29). The Morgan fingerprint density at radius 3 is 2.38 bits per heavy atom. The zero-order valence-corrected chi connectivity index (χ0v) is 18.7. The van der Waals surface area contributed by atoms with Gasteiger partial charge in [-0.3, -0.25) is 4.79 Å². The summed E-state index contributed by atoms with van der Waals surface area (Å²) in [5.74, 6) is -0.0976. The lowest BCUT2D eigenvalue weighted by molar-refractivity contribution is -0.132. The van der Waals surface area contributed by atoms with Crippen LogP contribution < -0.4 is 10.6 Å². The molecule has 8 nitrogen and oxygen atoms in total. The summed E-state index contributed by atoms with van der Waals surface area (Å²) in [5, 5.41) is 5.37. The second-order valence-corrected chi connectivity index (χ2v) is 10.0. The summed E-state index contributed by atoms with van der Waals surface area (Å²) < 4.78 is 27.5. The number of amides is 3. The van der Waals surface area contributed by atoms with Crippen LogP contribution in [0.4, 0.5) is 10.5 Å². The second-order valence-electron chi connectivity index (χ2n) is 8.07. The summed E-state index contributed by atoms with van der Waals surface area (Å²) in [6.45, 7) is 1.45. The molecule has 3 amide bonds. The smallest absolute Gasteiger partial charge is 0.319 e. The fraction of sp³-hybridized carbons (Fsp3) is 0.391. The topological polar surface area (TPSA) is 98.8 Å². The molecule has 2 N–H and O–H groups in total. The Bertz CT molecular complexity index is 1080. The van der Waals surface area contributed by atoms with Crippen LogP contribution >= 0.6 is 0 Å². The monoisotopic (exact) mass is 456 g/mol. The van der Waals surface area contributed by atoms with Crippen molar-refractivity contribution in [1.29, 1.82) is 0 Å². The number of aryl methyl sites for hydroxylation is 2. The number of benzene rings is 2. The first kappa shape index (κ1) is 22.3. The van der Waals surface area contributed by atoms with Crippen molar-refractivity contribution in [1.82, 2.24) is 14.5 Å². The van der Waals surface area contributed by atoms with Gasteiger partial charge in [0.25, 0.3) is 0 Å². The Kier molecular flexibility index (Phi) is 6.76. The SMILES string of the molecule is O=C(NCCC(=O)N1CCN(S(=O)(=O)c2ccc3c(c2)CCC3)CC1)Nc1ccccc1. The highest BCUT2D eigenvalue weighted by Gasteiger charge is 2.30. The maximum Gasteiger partial charge on any atom is 0.319 e. The molecule has 0 atom stereocenters. The van der Waals surface area contributed by atoms with E-state index in [4.69, 9.17) is 0 Å². The van der Waals surface area contributed by atoms with E-state index in [1.165, 1.54) is 9.87 Å². The van der Waals surface area contributed by atoms with Crippen molar-refractivity contribution < 1.29 is 18.0 Å². The second kappa shape index (κ2) is 9.70. The quantitative estimate of drug-likeness (QED) is 0.696. The van der Waals surface area contributed by atoms with Crippen LogP contribution in [0.5, 0.6) is 0 Å². The zero-order chi connectivity index (χ0) is 22.6. The van der Waals surface area contributed by atoms with Crippen molar-refractivity contribution in [2.24, 2.45) is 0 Å². The molecule has 0 radical (unpaired) electrons. The van der Waals surface area contributed by atoms with Crippen LogP contribution in [0.2, 0.25) is 0 Å². The van der Waals surface area contributed by atoms with E-state index >= 15 is 0 Å². The third kappa shape index (κ3) is 5.11. The molecule has 1 heterocycles. The minimum atomic E-state index is -3.56. The van der Waals surface area contributed by atoms with Gasteiger partial charge in [0.2, 0.25) is 15.9 Å². The maximum atomic E-state index is 13.0. The molecule has 0 unspecified atom stereocenters. The minimum absolute atomic E-state index is 0.0976. The third-order valence-corrected chi connectivity index (χ3v) is 7.85. The van der Waals surface area contributed by atoms with Crippen LogP contribution in [0, 0.1) is 0 Å². The number of anilines is 1. The predicted octanol–water partition coefficient (Wildman–Crippen LogP) is 2.22. The van der Waals surface area contributed by atoms with E-state index in [0.717, 1.165) is 24.8 Å². The molecule has 0 saturated carbocycles. The Morgan fingerprint density at radius 1 is 0.906 bits per heavy atom. The number of hydrogen-bond acceptors (Lipinski definition) is 4. The van der Waals surface area contributed by atoms with Gasteiger partial charge in [-0.2, -0.15) is 4.31 Å². The molecule has 2 aliphatic rings. The zero-order valence-electron chi connectivity index (χ0n) is 17.9. The number of nitrogens with one attached hydrogen (secondary N) is 2. The molecule has 1 saturated heterocycles. The van der Waals surface area contributed by atoms with Crippen molar-refractivity contribution in [2.75, 3.05) is 38.0 Å². The van der Waals surface area contributed by atoms with Crippen LogP contribution in [0.25, 0.3) is 0 Å². The molecule has 0 spiro atoms. The lowest BCUT2D eigenvalue weighted by Gasteiger charge is -2.34. The van der Waals surface area contributed by atoms with Crippen molar-refractivity contribution in [2.45, 2.75) is 30.6 Å². The van der Waals surface area contributed by atoms with E-state index in [9.17, 15) is 18.0 Å². The number of carbonyl (C=O) groups excluding carboxylic acids is 2. The van der Waals surface area contributed by atoms with Crippen molar-refractivity contribution in [3.05, 3.63) is 59.7 Å². The van der Waals surface area contributed by atoms with Crippen LogP contribution in [0.15, 0.2) is 53.4 Å². The molecule has 4 rings (SSSR count). The Morgan fingerprint density at radius 2 is 1.62 bits per heavy atom. The average Bonchev–Trinajstić information content (AvgIpc) is 3.28. The van der Waals surface area contributed by atoms with Crippen LogP contribution in [0.1, 0.15) is 24.0 Å². The minimum Gasteiger partial charge on any atom is -0.340 e. The van der Waals surface area contributed by atoms with Gasteiger partial charge in [0.1, 0.15) is 0 Å². The van der Waals surface area contributed by atoms with Gasteiger partial charge in [0.15, 0.2) is 0 Å². The highest BCUT2D eigenvalue weighted by atomic mass is 32.2. The van der Waals surface area contributed by atoms with E-state index in [-0.39, 0.29) is 38.0 Å². The molecule has 1 aliphatic carbocycles. The Balaban J connectivity index is 1.23. The summed E-state index contributed by atoms with van der Waals surface area (Å²) in [5.41, 5.74) is 3.05. The Labute approximate surface area is 188 Å². The van der Waals surface area contributed by atoms with E-state index in [1.54, 1.807) is 29.2 Å². The van der Waals surface area contributed by atoms with E-state index in [2.05, 4.69) is 10.6 Å². The lowest BCUT2D eigenvalue weighted by atomic mass is 10.1. The number of fused-ring (bicyclic) bond motifs is 1. The van der Waals surface area contributed by atoms with Gasteiger partial charge in [0, 0.05) is 44.8 Å². The number of para-hydroxylation sites is 1. The van der Waals surface area contributed by atoms with Crippen molar-refractivity contribution >= 4 is 27.6 Å². The van der Waals surface area contributed by atoms with Crippen molar-refractivity contribution in [3.8, 4) is 0 Å². The summed E-state index contributed by atoms with van der Waals surface area (Å²) >= 11 is 0. The third-order valence-electron chi connectivity index (χ3n) is 5.96.